The highest BCUT2D eigenvalue weighted by Crippen LogP contribution is 2.43. The molecule has 7 aromatic rings. The highest BCUT2D eigenvalue weighted by Gasteiger charge is 2.41. The summed E-state index contributed by atoms with van der Waals surface area (Å²) in [5, 5.41) is 16.4. The van der Waals surface area contributed by atoms with Crippen molar-refractivity contribution >= 4 is 56.3 Å². The Morgan fingerprint density at radius 1 is 0.593 bits per heavy atom. The summed E-state index contributed by atoms with van der Waals surface area (Å²) in [6.45, 7) is 20.8. The Morgan fingerprint density at radius 3 is 1.89 bits per heavy atom. The molecule has 0 radical (unpaired) electrons. The molecule has 1 aromatic heterocycles. The number of anilines is 2. The first-order valence-electron chi connectivity index (χ1n) is 19.8. The van der Waals surface area contributed by atoms with E-state index in [1.807, 2.05) is 12.1 Å². The third-order valence-electron chi connectivity index (χ3n) is 12.3. The van der Waals surface area contributed by atoms with Gasteiger partial charge >= 0.3 is 0 Å². The van der Waals surface area contributed by atoms with Gasteiger partial charge in [0.15, 0.2) is 0 Å². The van der Waals surface area contributed by atoms with Crippen LogP contribution in [0.2, 0.25) is 0 Å². The average molecular weight is 702 g/mol. The first-order valence-corrected chi connectivity index (χ1v) is 19.8. The summed E-state index contributed by atoms with van der Waals surface area (Å²) < 4.78 is 2.56. The van der Waals surface area contributed by atoms with E-state index >= 15 is 0 Å². The summed E-state index contributed by atoms with van der Waals surface area (Å²) >= 11 is 0. The molecule has 54 heavy (non-hydrogen) atoms. The van der Waals surface area contributed by atoms with Crippen LogP contribution in [0.25, 0.3) is 49.7 Å². The van der Waals surface area contributed by atoms with Gasteiger partial charge < -0.3 is 9.88 Å². The average Bonchev–Trinajstić information content (AvgIpc) is 3.49. The van der Waals surface area contributed by atoms with Gasteiger partial charge in [0, 0.05) is 38.9 Å². The third-order valence-corrected chi connectivity index (χ3v) is 12.3. The monoisotopic (exact) mass is 701 g/mol. The number of nitriles is 1. The van der Waals surface area contributed by atoms with Crippen molar-refractivity contribution in [3.8, 4) is 34.0 Å². The van der Waals surface area contributed by atoms with Crippen LogP contribution in [0.4, 0.5) is 11.4 Å². The Balaban J connectivity index is 1.44. The van der Waals surface area contributed by atoms with Gasteiger partial charge in [-0.1, -0.05) is 104 Å². The lowest BCUT2D eigenvalue weighted by atomic mass is 9.33. The molecule has 0 bridgehead atoms. The van der Waals surface area contributed by atoms with Gasteiger partial charge in [0.25, 0.3) is 6.71 Å². The number of hydrogen-bond donors (Lipinski definition) is 1. The summed E-state index contributed by atoms with van der Waals surface area (Å²) in [4.78, 5) is 0. The first-order chi connectivity index (χ1) is 25.9. The van der Waals surface area contributed by atoms with E-state index in [-0.39, 0.29) is 6.71 Å². The topological polar surface area (TPSA) is 40.8 Å². The van der Waals surface area contributed by atoms with Crippen molar-refractivity contribution < 1.29 is 0 Å². The van der Waals surface area contributed by atoms with Crippen LogP contribution in [-0.4, -0.2) is 11.3 Å². The first kappa shape index (κ1) is 34.3. The van der Waals surface area contributed by atoms with Crippen molar-refractivity contribution in [1.29, 1.82) is 5.26 Å². The second kappa shape index (κ2) is 12.5. The predicted molar refractivity (Wildman–Crippen MR) is 232 cm³/mol. The molecule has 266 valence electrons. The van der Waals surface area contributed by atoms with Crippen molar-refractivity contribution in [2.45, 2.75) is 86.0 Å². The second-order valence-corrected chi connectivity index (χ2v) is 17.0. The SMILES string of the molecule is Cc1ccc(C(C)C)cc1-c1cc(C(C)C)cc2c1Nc1cc(-c3ccc(C#N)cc3)cc3c1B2c1cc(C(C)C)cc2c4cc(C(C)C)ccc4n-3c12. The largest absolute Gasteiger partial charge is 0.356 e. The minimum absolute atomic E-state index is 0.0508. The van der Waals surface area contributed by atoms with Crippen LogP contribution >= 0.6 is 0 Å². The number of aromatic nitrogens is 1. The van der Waals surface area contributed by atoms with E-state index in [2.05, 4.69) is 163 Å². The lowest BCUT2D eigenvalue weighted by Gasteiger charge is -2.37. The number of hydrogen-bond acceptors (Lipinski definition) is 2. The van der Waals surface area contributed by atoms with Gasteiger partial charge in [0.2, 0.25) is 0 Å². The molecule has 0 amide bonds. The maximum atomic E-state index is 9.61. The van der Waals surface area contributed by atoms with E-state index in [4.69, 9.17) is 0 Å². The molecular formula is C50H48BN3. The molecule has 0 aliphatic carbocycles. The number of aryl methyl sites for hydroxylation is 1. The van der Waals surface area contributed by atoms with Gasteiger partial charge in [0.1, 0.15) is 0 Å². The van der Waals surface area contributed by atoms with Gasteiger partial charge in [0.05, 0.1) is 17.1 Å². The Labute approximate surface area is 320 Å². The van der Waals surface area contributed by atoms with Crippen LogP contribution in [0.1, 0.15) is 112 Å². The van der Waals surface area contributed by atoms with Crippen LogP contribution in [0.5, 0.6) is 0 Å². The maximum absolute atomic E-state index is 9.61. The number of nitrogens with one attached hydrogen (secondary N) is 1. The van der Waals surface area contributed by atoms with E-state index in [9.17, 15) is 5.26 Å². The quantitative estimate of drug-likeness (QED) is 0.175. The van der Waals surface area contributed by atoms with Crippen molar-refractivity contribution in [3.05, 3.63) is 130 Å². The minimum atomic E-state index is 0.0508. The maximum Gasteiger partial charge on any atom is 0.252 e. The molecule has 2 aliphatic rings. The molecule has 0 atom stereocenters. The summed E-state index contributed by atoms with van der Waals surface area (Å²) in [5.74, 6) is 1.62. The number of fused-ring (bicyclic) bond motifs is 7. The zero-order valence-electron chi connectivity index (χ0n) is 33.0. The molecule has 0 saturated heterocycles. The highest BCUT2D eigenvalue weighted by atomic mass is 15.0. The third kappa shape index (κ3) is 5.16. The Morgan fingerprint density at radius 2 is 1.20 bits per heavy atom. The van der Waals surface area contributed by atoms with Crippen molar-refractivity contribution in [1.82, 2.24) is 4.57 Å². The van der Waals surface area contributed by atoms with Crippen molar-refractivity contribution in [3.63, 3.8) is 0 Å². The van der Waals surface area contributed by atoms with Crippen LogP contribution < -0.4 is 21.7 Å². The van der Waals surface area contributed by atoms with Gasteiger partial charge in [-0.3, -0.25) is 0 Å². The van der Waals surface area contributed by atoms with E-state index in [1.54, 1.807) is 0 Å². The van der Waals surface area contributed by atoms with Gasteiger partial charge in [-0.05, 0) is 140 Å². The second-order valence-electron chi connectivity index (χ2n) is 17.0. The van der Waals surface area contributed by atoms with Crippen molar-refractivity contribution in [2.24, 2.45) is 0 Å². The van der Waals surface area contributed by atoms with E-state index in [0.717, 1.165) is 16.8 Å². The van der Waals surface area contributed by atoms with Gasteiger partial charge in [-0.25, -0.2) is 0 Å². The molecule has 2 aliphatic heterocycles. The molecular weight excluding hydrogens is 653 g/mol. The van der Waals surface area contributed by atoms with Crippen molar-refractivity contribution in [2.75, 3.05) is 5.32 Å². The molecule has 6 aromatic carbocycles. The molecule has 0 unspecified atom stereocenters. The van der Waals surface area contributed by atoms with E-state index < -0.39 is 0 Å². The number of benzene rings is 6. The fraction of sp³-hybridized carbons (Fsp3) is 0.260. The smallest absolute Gasteiger partial charge is 0.252 e. The summed E-state index contributed by atoms with van der Waals surface area (Å²) in [6.07, 6.45) is 0. The minimum Gasteiger partial charge on any atom is -0.356 e. The fourth-order valence-corrected chi connectivity index (χ4v) is 9.02. The van der Waals surface area contributed by atoms with Crippen LogP contribution in [0.15, 0.2) is 97.1 Å². The number of rotatable bonds is 6. The lowest BCUT2D eigenvalue weighted by Crippen LogP contribution is -2.59. The predicted octanol–water partition coefficient (Wildman–Crippen LogP) is 11.7. The molecule has 3 heterocycles. The summed E-state index contributed by atoms with van der Waals surface area (Å²) in [6, 6.07) is 39.2. The Hall–Kier alpha value is -5.53. The molecule has 0 fully saturated rings. The number of nitrogens with zero attached hydrogens (tertiary/aromatic N) is 2. The van der Waals surface area contributed by atoms with E-state index in [0.29, 0.717) is 29.2 Å². The molecule has 4 heteroatoms. The summed E-state index contributed by atoms with van der Waals surface area (Å²) in [7, 11) is 0. The summed E-state index contributed by atoms with van der Waals surface area (Å²) in [5.41, 5.74) is 22.5. The zero-order valence-corrected chi connectivity index (χ0v) is 33.0. The van der Waals surface area contributed by atoms with Gasteiger partial charge in [-0.2, -0.15) is 5.26 Å². The highest BCUT2D eigenvalue weighted by molar-refractivity contribution is 7.00. The molecule has 9 rings (SSSR count). The Bertz CT molecular complexity index is 2720. The normalized spacial score (nSPS) is 12.9. The van der Waals surface area contributed by atoms with Crippen LogP contribution in [0.3, 0.4) is 0 Å². The molecule has 0 spiro atoms. The Kier molecular flexibility index (Phi) is 7.95. The standard InChI is InChI=1S/C50H48BN3/c1-27(2)34-13-10-31(9)39(18-34)41-20-36(29(5)6)22-43-49(41)53-45-24-38(33-14-11-32(26-52)12-15-33)25-47-48(45)51(43)44-23-37(30(7)8)21-42-40-19-35(28(3)4)16-17-46(40)54(47)50(42)44/h10-25,27-30,53H,1-9H3. The molecule has 0 saturated carbocycles. The molecule has 3 nitrogen and oxygen atoms in total. The van der Waals surface area contributed by atoms with Crippen LogP contribution in [0, 0.1) is 18.3 Å². The molecule has 1 N–H and O–H groups in total. The van der Waals surface area contributed by atoms with E-state index in [1.165, 1.54) is 88.5 Å². The van der Waals surface area contributed by atoms with Gasteiger partial charge in [-0.15, -0.1) is 0 Å². The fourth-order valence-electron chi connectivity index (χ4n) is 9.02. The zero-order chi connectivity index (χ0) is 37.7. The lowest BCUT2D eigenvalue weighted by molar-refractivity contribution is 0.865. The van der Waals surface area contributed by atoms with Crippen LogP contribution in [-0.2, 0) is 0 Å².